The van der Waals surface area contributed by atoms with Gasteiger partial charge in [0.05, 0.1) is 12.3 Å². The molecule has 0 saturated carbocycles. The third-order valence-corrected chi connectivity index (χ3v) is 9.57. The van der Waals surface area contributed by atoms with Crippen LogP contribution < -0.4 is 0 Å². The first-order valence-corrected chi connectivity index (χ1v) is 15.6. The van der Waals surface area contributed by atoms with E-state index in [0.717, 1.165) is 94.6 Å². The zero-order valence-corrected chi connectivity index (χ0v) is 29.7. The number of hydrogen-bond donors (Lipinski definition) is 1. The maximum absolute atomic E-state index is 13.7. The second kappa shape index (κ2) is 20.3. The number of aliphatic hydroxyl groups is 1. The largest absolute Gasteiger partial charge is 0.389 e. The highest BCUT2D eigenvalue weighted by atomic mass is 35.5. The van der Waals surface area contributed by atoms with Crippen LogP contribution in [0.1, 0.15) is 41.8 Å². The summed E-state index contributed by atoms with van der Waals surface area (Å²) < 4.78 is 13.7. The first kappa shape index (κ1) is 41.0. The lowest BCUT2D eigenvalue weighted by atomic mass is 10.0. The predicted octanol–water partition coefficient (Wildman–Crippen LogP) is 6.45. The number of aliphatic hydroxyl groups excluding tert-OH is 1. The maximum atomic E-state index is 13.7. The Morgan fingerprint density at radius 1 is 0.795 bits per heavy atom. The lowest BCUT2D eigenvalue weighted by Crippen LogP contribution is -2.53. The van der Waals surface area contributed by atoms with Crippen LogP contribution in [0.4, 0.5) is 4.39 Å². The Balaban J connectivity index is 0.00000242. The van der Waals surface area contributed by atoms with Crippen molar-refractivity contribution in [3.05, 3.63) is 75.9 Å². The van der Waals surface area contributed by atoms with E-state index in [4.69, 9.17) is 4.98 Å². The van der Waals surface area contributed by atoms with Crippen LogP contribution in [0.25, 0.3) is 11.3 Å². The SMILES string of the molecule is CC(C)N1CCN(C(CN2CCN(CCCc3sc(CO)nc3-c3ccccc3)CC2)c2ccc(F)cc2)CC1.Cl.Cl.Cl.Cl. The summed E-state index contributed by atoms with van der Waals surface area (Å²) in [6.07, 6.45) is 2.07. The summed E-state index contributed by atoms with van der Waals surface area (Å²) in [6.45, 7) is 15.2. The van der Waals surface area contributed by atoms with Crippen molar-refractivity contribution in [1.29, 1.82) is 0 Å². The lowest BCUT2D eigenvalue weighted by Gasteiger charge is -2.43. The van der Waals surface area contributed by atoms with Crippen molar-refractivity contribution in [2.45, 2.75) is 45.4 Å². The zero-order valence-electron chi connectivity index (χ0n) is 25.6. The molecule has 1 N–H and O–H groups in total. The molecule has 2 aliphatic rings. The number of thiazole rings is 1. The molecule has 1 unspecified atom stereocenters. The van der Waals surface area contributed by atoms with Crippen LogP contribution in [0.15, 0.2) is 54.6 Å². The normalized spacial score (nSPS) is 17.2. The van der Waals surface area contributed by atoms with Crippen LogP contribution in [0.5, 0.6) is 0 Å². The minimum absolute atomic E-state index is 0. The minimum Gasteiger partial charge on any atom is -0.389 e. The number of aryl methyl sites for hydroxylation is 1. The molecule has 3 heterocycles. The van der Waals surface area contributed by atoms with E-state index in [9.17, 15) is 9.50 Å². The van der Waals surface area contributed by atoms with Crippen molar-refractivity contribution in [3.63, 3.8) is 0 Å². The van der Waals surface area contributed by atoms with Gasteiger partial charge in [0.1, 0.15) is 10.8 Å². The van der Waals surface area contributed by atoms with Gasteiger partial charge in [-0.05, 0) is 50.9 Å². The topological polar surface area (TPSA) is 46.1 Å². The van der Waals surface area contributed by atoms with Gasteiger partial charge in [-0.2, -0.15) is 0 Å². The average molecular weight is 712 g/mol. The van der Waals surface area contributed by atoms with E-state index in [0.29, 0.717) is 12.1 Å². The Morgan fingerprint density at radius 2 is 1.39 bits per heavy atom. The molecule has 1 aromatic heterocycles. The van der Waals surface area contributed by atoms with Crippen LogP contribution in [0.3, 0.4) is 0 Å². The Kier molecular flexibility index (Phi) is 18.9. The van der Waals surface area contributed by atoms with Crippen LogP contribution in [-0.2, 0) is 13.0 Å². The third kappa shape index (κ3) is 11.0. The van der Waals surface area contributed by atoms with E-state index in [2.05, 4.69) is 45.6 Å². The fraction of sp³-hybridized carbons (Fsp3) is 0.531. The summed E-state index contributed by atoms with van der Waals surface area (Å²) >= 11 is 1.64. The molecule has 2 saturated heterocycles. The summed E-state index contributed by atoms with van der Waals surface area (Å²) in [5, 5.41) is 10.4. The van der Waals surface area contributed by atoms with Gasteiger partial charge in [0.15, 0.2) is 0 Å². The van der Waals surface area contributed by atoms with Crippen LogP contribution in [0, 0.1) is 5.82 Å². The highest BCUT2D eigenvalue weighted by Gasteiger charge is 2.29. The molecule has 12 heteroatoms. The van der Waals surface area contributed by atoms with Crippen molar-refractivity contribution in [2.24, 2.45) is 0 Å². The molecule has 0 bridgehead atoms. The molecule has 6 nitrogen and oxygen atoms in total. The van der Waals surface area contributed by atoms with Gasteiger partial charge in [-0.3, -0.25) is 14.7 Å². The Labute approximate surface area is 291 Å². The van der Waals surface area contributed by atoms with E-state index >= 15 is 0 Å². The number of benzene rings is 2. The second-order valence-corrected chi connectivity index (χ2v) is 12.6. The van der Waals surface area contributed by atoms with E-state index in [1.54, 1.807) is 23.5 Å². The van der Waals surface area contributed by atoms with Gasteiger partial charge in [-0.15, -0.1) is 61.0 Å². The summed E-state index contributed by atoms with van der Waals surface area (Å²) in [4.78, 5) is 16.3. The van der Waals surface area contributed by atoms with Crippen molar-refractivity contribution in [3.8, 4) is 11.3 Å². The maximum Gasteiger partial charge on any atom is 0.123 e. The molecule has 2 aliphatic heterocycles. The van der Waals surface area contributed by atoms with Crippen molar-refractivity contribution >= 4 is 61.0 Å². The highest BCUT2D eigenvalue weighted by molar-refractivity contribution is 7.12. The third-order valence-electron chi connectivity index (χ3n) is 8.47. The number of nitrogens with zero attached hydrogens (tertiary/aromatic N) is 5. The van der Waals surface area contributed by atoms with E-state index in [1.165, 1.54) is 10.4 Å². The van der Waals surface area contributed by atoms with E-state index in [1.807, 2.05) is 30.3 Å². The quantitative estimate of drug-likeness (QED) is 0.247. The van der Waals surface area contributed by atoms with Crippen LogP contribution in [-0.4, -0.2) is 101 Å². The zero-order chi connectivity index (χ0) is 27.9. The molecule has 44 heavy (non-hydrogen) atoms. The van der Waals surface area contributed by atoms with Gasteiger partial charge in [0.2, 0.25) is 0 Å². The molecule has 3 aromatic rings. The number of aromatic nitrogens is 1. The van der Waals surface area contributed by atoms with Crippen LogP contribution in [0.2, 0.25) is 0 Å². The summed E-state index contributed by atoms with van der Waals surface area (Å²) in [7, 11) is 0. The molecular formula is C32H48Cl4FN5OS. The smallest absolute Gasteiger partial charge is 0.123 e. The second-order valence-electron chi connectivity index (χ2n) is 11.4. The predicted molar refractivity (Wildman–Crippen MR) is 191 cm³/mol. The Morgan fingerprint density at radius 3 is 1.98 bits per heavy atom. The fourth-order valence-corrected chi connectivity index (χ4v) is 7.04. The lowest BCUT2D eigenvalue weighted by molar-refractivity contribution is 0.0481. The molecule has 0 spiro atoms. The summed E-state index contributed by atoms with van der Waals surface area (Å²) in [5.74, 6) is -0.164. The molecule has 2 fully saturated rings. The monoisotopic (exact) mass is 709 g/mol. The van der Waals surface area contributed by atoms with Gasteiger partial charge in [-0.25, -0.2) is 9.37 Å². The number of hydrogen-bond acceptors (Lipinski definition) is 7. The number of rotatable bonds is 11. The van der Waals surface area contributed by atoms with Gasteiger partial charge < -0.3 is 10.0 Å². The van der Waals surface area contributed by atoms with Crippen molar-refractivity contribution in [1.82, 2.24) is 24.6 Å². The Bertz CT molecular complexity index is 1190. The van der Waals surface area contributed by atoms with Crippen LogP contribution >= 0.6 is 61.0 Å². The van der Waals surface area contributed by atoms with Gasteiger partial charge in [-0.1, -0.05) is 42.5 Å². The average Bonchev–Trinajstić information content (AvgIpc) is 3.41. The van der Waals surface area contributed by atoms with E-state index < -0.39 is 0 Å². The molecule has 248 valence electrons. The highest BCUT2D eigenvalue weighted by Crippen LogP contribution is 2.30. The molecular weight excluding hydrogens is 663 g/mol. The first-order chi connectivity index (χ1) is 19.5. The standard InChI is InChI=1S/C32H44FN5OS.4ClH/c1-25(2)37-19-21-38(22-20-37)29(26-10-12-28(33)13-11-26)23-36-17-15-35(16-18-36)14-6-9-30-32(34-31(24-39)40-30)27-7-4-3-5-8-27;;;;/h3-5,7-8,10-13,25,29,39H,6,9,14-24H2,1-2H3;4*1H. The molecule has 0 radical (unpaired) electrons. The fourth-order valence-electron chi connectivity index (χ4n) is 6.04. The summed E-state index contributed by atoms with van der Waals surface area (Å²) in [6, 6.07) is 18.4. The van der Waals surface area contributed by atoms with Gasteiger partial charge >= 0.3 is 0 Å². The number of halogens is 5. The van der Waals surface area contributed by atoms with Crippen molar-refractivity contribution < 1.29 is 9.50 Å². The van der Waals surface area contributed by atoms with Gasteiger partial charge in [0, 0.05) is 81.4 Å². The number of piperazine rings is 2. The molecule has 0 aliphatic carbocycles. The summed E-state index contributed by atoms with van der Waals surface area (Å²) in [5.41, 5.74) is 3.38. The molecule has 1 atom stereocenters. The first-order valence-electron chi connectivity index (χ1n) is 14.8. The van der Waals surface area contributed by atoms with Gasteiger partial charge in [0.25, 0.3) is 0 Å². The molecule has 5 rings (SSSR count). The Hall–Kier alpha value is -1.04. The molecule has 0 amide bonds. The minimum atomic E-state index is -0.164. The molecule has 2 aromatic carbocycles. The van der Waals surface area contributed by atoms with E-state index in [-0.39, 0.29) is 62.1 Å². The van der Waals surface area contributed by atoms with Crippen molar-refractivity contribution in [2.75, 3.05) is 65.4 Å².